The second-order valence-corrected chi connectivity index (χ2v) is 7.27. The Kier molecular flexibility index (Phi) is 5.86. The van der Waals surface area contributed by atoms with E-state index in [2.05, 4.69) is 49.2 Å². The largest absolute Gasteiger partial charge is 0.383 e. The lowest BCUT2D eigenvalue weighted by Crippen LogP contribution is -2.39. The van der Waals surface area contributed by atoms with Crippen molar-refractivity contribution in [3.63, 3.8) is 0 Å². The molecule has 1 aliphatic heterocycles. The van der Waals surface area contributed by atoms with Gasteiger partial charge in [-0.25, -0.2) is 9.97 Å². The summed E-state index contributed by atoms with van der Waals surface area (Å²) in [5.41, 5.74) is 3.35. The van der Waals surface area contributed by atoms with Gasteiger partial charge < -0.3 is 15.0 Å². The summed E-state index contributed by atoms with van der Waals surface area (Å²) >= 11 is 0. The van der Waals surface area contributed by atoms with Gasteiger partial charge >= 0.3 is 0 Å². The fourth-order valence-corrected chi connectivity index (χ4v) is 3.69. The summed E-state index contributed by atoms with van der Waals surface area (Å²) in [6, 6.07) is 7.34. The van der Waals surface area contributed by atoms with E-state index in [0.29, 0.717) is 12.1 Å². The quantitative estimate of drug-likeness (QED) is 0.904. The van der Waals surface area contributed by atoms with Crippen LogP contribution in [-0.4, -0.2) is 48.9 Å². The van der Waals surface area contributed by atoms with E-state index in [9.17, 15) is 0 Å². The third-order valence-corrected chi connectivity index (χ3v) is 4.98. The Morgan fingerprint density at radius 3 is 2.88 bits per heavy atom. The number of hydrogen-bond acceptors (Lipinski definition) is 5. The molecule has 5 heteroatoms. The molecule has 1 saturated heterocycles. The van der Waals surface area contributed by atoms with E-state index in [0.717, 1.165) is 55.1 Å². The molecule has 1 N–H and O–H groups in total. The van der Waals surface area contributed by atoms with E-state index >= 15 is 0 Å². The smallest absolute Gasteiger partial charge is 0.226 e. The van der Waals surface area contributed by atoms with Crippen molar-refractivity contribution in [1.82, 2.24) is 15.3 Å². The van der Waals surface area contributed by atoms with Gasteiger partial charge in [-0.1, -0.05) is 12.1 Å². The van der Waals surface area contributed by atoms with Crippen LogP contribution < -0.4 is 10.2 Å². The van der Waals surface area contributed by atoms with Crippen molar-refractivity contribution in [1.29, 1.82) is 0 Å². The minimum absolute atomic E-state index is 0.392. The van der Waals surface area contributed by atoms with Crippen LogP contribution in [0.1, 0.15) is 37.4 Å². The summed E-state index contributed by atoms with van der Waals surface area (Å²) < 4.78 is 5.24. The molecule has 2 atom stereocenters. The summed E-state index contributed by atoms with van der Waals surface area (Å²) in [6.07, 6.45) is 3.46. The zero-order valence-corrected chi connectivity index (χ0v) is 15.9. The number of methoxy groups -OCH3 is 1. The minimum atomic E-state index is 0.392. The van der Waals surface area contributed by atoms with Crippen molar-refractivity contribution >= 4 is 16.9 Å². The lowest BCUT2D eigenvalue weighted by atomic mass is 10.1. The van der Waals surface area contributed by atoms with Crippen LogP contribution in [0.25, 0.3) is 10.9 Å². The molecule has 25 heavy (non-hydrogen) atoms. The zero-order valence-electron chi connectivity index (χ0n) is 15.9. The van der Waals surface area contributed by atoms with Crippen LogP contribution in [0.15, 0.2) is 18.2 Å². The standard InChI is InChI=1S/C20H30N4O/c1-14-7-8-18-16(3)22-20(23-19(18)12-14)24-10-5-6-17(9-11-24)21-15(2)13-25-4/h7-8,12,15,17,21H,5-6,9-11,13H2,1-4H3/t15-,17-/m0/s1. The Bertz CT molecular complexity index is 718. The molecule has 1 aliphatic rings. The third kappa shape index (κ3) is 4.47. The van der Waals surface area contributed by atoms with E-state index in [4.69, 9.17) is 14.7 Å². The molecule has 136 valence electrons. The van der Waals surface area contributed by atoms with Gasteiger partial charge in [0.1, 0.15) is 0 Å². The molecular formula is C20H30N4O. The highest BCUT2D eigenvalue weighted by molar-refractivity contribution is 5.82. The third-order valence-electron chi connectivity index (χ3n) is 4.98. The molecule has 1 fully saturated rings. The number of aryl methyl sites for hydroxylation is 2. The van der Waals surface area contributed by atoms with Gasteiger partial charge in [-0.15, -0.1) is 0 Å². The molecule has 1 aromatic carbocycles. The number of anilines is 1. The van der Waals surface area contributed by atoms with Gasteiger partial charge in [0.25, 0.3) is 0 Å². The SMILES string of the molecule is COC[C@H](C)N[C@H]1CCCN(c2nc(C)c3ccc(C)cc3n2)CC1. The number of benzene rings is 1. The highest BCUT2D eigenvalue weighted by Crippen LogP contribution is 2.22. The van der Waals surface area contributed by atoms with Gasteiger partial charge in [-0.3, -0.25) is 0 Å². The van der Waals surface area contributed by atoms with Gasteiger partial charge in [0.05, 0.1) is 17.8 Å². The monoisotopic (exact) mass is 342 g/mol. The molecule has 5 nitrogen and oxygen atoms in total. The number of nitrogens with one attached hydrogen (secondary N) is 1. The van der Waals surface area contributed by atoms with Crippen LogP contribution in [0.5, 0.6) is 0 Å². The summed E-state index contributed by atoms with van der Waals surface area (Å²) in [5, 5.41) is 4.84. The first kappa shape index (κ1) is 18.1. The summed E-state index contributed by atoms with van der Waals surface area (Å²) in [6.45, 7) is 9.15. The van der Waals surface area contributed by atoms with Crippen LogP contribution in [0, 0.1) is 13.8 Å². The summed E-state index contributed by atoms with van der Waals surface area (Å²) in [7, 11) is 1.76. The minimum Gasteiger partial charge on any atom is -0.383 e. The van der Waals surface area contributed by atoms with Gasteiger partial charge in [-0.2, -0.15) is 0 Å². The molecule has 0 amide bonds. The molecule has 1 aromatic heterocycles. The van der Waals surface area contributed by atoms with Crippen LogP contribution in [-0.2, 0) is 4.74 Å². The highest BCUT2D eigenvalue weighted by atomic mass is 16.5. The van der Waals surface area contributed by atoms with E-state index in [-0.39, 0.29) is 0 Å². The number of ether oxygens (including phenoxy) is 1. The van der Waals surface area contributed by atoms with Crippen molar-refractivity contribution in [2.45, 2.75) is 52.1 Å². The van der Waals surface area contributed by atoms with Crippen LogP contribution in [0.4, 0.5) is 5.95 Å². The maximum Gasteiger partial charge on any atom is 0.226 e. The van der Waals surface area contributed by atoms with Crippen molar-refractivity contribution in [2.24, 2.45) is 0 Å². The molecule has 0 spiro atoms. The lowest BCUT2D eigenvalue weighted by Gasteiger charge is -2.23. The average molecular weight is 342 g/mol. The topological polar surface area (TPSA) is 50.3 Å². The second-order valence-electron chi connectivity index (χ2n) is 7.27. The van der Waals surface area contributed by atoms with Gasteiger partial charge in [0.15, 0.2) is 0 Å². The van der Waals surface area contributed by atoms with Crippen LogP contribution >= 0.6 is 0 Å². The molecule has 0 aliphatic carbocycles. The van der Waals surface area contributed by atoms with E-state index in [1.54, 1.807) is 7.11 Å². The second kappa shape index (κ2) is 8.11. The Hall–Kier alpha value is -1.72. The van der Waals surface area contributed by atoms with Gasteiger partial charge in [0.2, 0.25) is 5.95 Å². The molecule has 0 saturated carbocycles. The molecule has 2 aromatic rings. The predicted octanol–water partition coefficient (Wildman–Crippen LogP) is 3.23. The van der Waals surface area contributed by atoms with Crippen molar-refractivity contribution in [3.8, 4) is 0 Å². The summed E-state index contributed by atoms with van der Waals surface area (Å²) in [5.74, 6) is 0.876. The Morgan fingerprint density at radius 2 is 2.08 bits per heavy atom. The lowest BCUT2D eigenvalue weighted by molar-refractivity contribution is 0.165. The number of rotatable bonds is 5. The fraction of sp³-hybridized carbons (Fsp3) is 0.600. The first-order chi connectivity index (χ1) is 12.1. The molecule has 0 bridgehead atoms. The van der Waals surface area contributed by atoms with E-state index in [1.165, 1.54) is 12.0 Å². The molecule has 0 radical (unpaired) electrons. The zero-order chi connectivity index (χ0) is 17.8. The number of hydrogen-bond donors (Lipinski definition) is 1. The molecule has 2 heterocycles. The van der Waals surface area contributed by atoms with Crippen LogP contribution in [0.3, 0.4) is 0 Å². The highest BCUT2D eigenvalue weighted by Gasteiger charge is 2.20. The van der Waals surface area contributed by atoms with Gasteiger partial charge in [0, 0.05) is 37.7 Å². The predicted molar refractivity (Wildman–Crippen MR) is 103 cm³/mol. The maximum atomic E-state index is 5.24. The maximum absolute atomic E-state index is 5.24. The van der Waals surface area contributed by atoms with Gasteiger partial charge in [-0.05, 0) is 51.7 Å². The molecule has 3 rings (SSSR count). The number of nitrogens with zero attached hydrogens (tertiary/aromatic N) is 3. The van der Waals surface area contributed by atoms with Crippen molar-refractivity contribution in [3.05, 3.63) is 29.5 Å². The fourth-order valence-electron chi connectivity index (χ4n) is 3.69. The Balaban J connectivity index is 1.73. The van der Waals surface area contributed by atoms with E-state index < -0.39 is 0 Å². The normalized spacial score (nSPS) is 19.8. The average Bonchev–Trinajstić information content (AvgIpc) is 2.80. The van der Waals surface area contributed by atoms with Crippen molar-refractivity contribution < 1.29 is 4.74 Å². The first-order valence-corrected chi connectivity index (χ1v) is 9.31. The number of aromatic nitrogens is 2. The van der Waals surface area contributed by atoms with Crippen molar-refractivity contribution in [2.75, 3.05) is 31.7 Å². The molecular weight excluding hydrogens is 312 g/mol. The van der Waals surface area contributed by atoms with Crippen LogP contribution in [0.2, 0.25) is 0 Å². The number of fused-ring (bicyclic) bond motifs is 1. The molecule has 0 unspecified atom stereocenters. The Labute approximate surface area is 150 Å². The Morgan fingerprint density at radius 1 is 1.24 bits per heavy atom. The van der Waals surface area contributed by atoms with E-state index in [1.807, 2.05) is 0 Å². The first-order valence-electron chi connectivity index (χ1n) is 9.31. The summed E-state index contributed by atoms with van der Waals surface area (Å²) in [4.78, 5) is 12.0.